The van der Waals surface area contributed by atoms with Gasteiger partial charge < -0.3 is 9.64 Å². The van der Waals surface area contributed by atoms with E-state index in [0.717, 1.165) is 60.8 Å². The van der Waals surface area contributed by atoms with Gasteiger partial charge in [-0.25, -0.2) is 0 Å². The monoisotopic (exact) mass is 350 g/mol. The third-order valence-electron chi connectivity index (χ3n) is 4.62. The number of fused-ring (bicyclic) bond motifs is 1. The average molecular weight is 351 g/mol. The largest absolute Gasteiger partial charge is 0.377 e. The number of aromatic nitrogens is 2. The van der Waals surface area contributed by atoms with Crippen LogP contribution in [0.4, 0.5) is 0 Å². The summed E-state index contributed by atoms with van der Waals surface area (Å²) in [6.07, 6.45) is 2.67. The molecule has 5 nitrogen and oxygen atoms in total. The number of likely N-dealkylation sites (N-methyl/N-ethyl adjacent to an activating group) is 1. The lowest BCUT2D eigenvalue weighted by atomic mass is 10.2. The van der Waals surface area contributed by atoms with Crippen LogP contribution < -0.4 is 0 Å². The van der Waals surface area contributed by atoms with Gasteiger partial charge >= 0.3 is 0 Å². The molecule has 0 unspecified atom stereocenters. The molecule has 6 heteroatoms. The summed E-state index contributed by atoms with van der Waals surface area (Å²) in [5.74, 6) is 0. The Morgan fingerprint density at radius 3 is 2.88 bits per heavy atom. The summed E-state index contributed by atoms with van der Waals surface area (Å²) in [6.45, 7) is 4.66. The Bertz CT molecular complexity index is 679. The smallest absolute Gasteiger partial charge is 0.0858 e. The van der Waals surface area contributed by atoms with Gasteiger partial charge in [-0.2, -0.15) is 5.10 Å². The molecule has 1 saturated heterocycles. The van der Waals surface area contributed by atoms with Crippen molar-refractivity contribution < 1.29 is 4.74 Å². The van der Waals surface area contributed by atoms with Crippen molar-refractivity contribution in [3.8, 4) is 0 Å². The molecule has 0 saturated carbocycles. The van der Waals surface area contributed by atoms with Crippen molar-refractivity contribution in [2.45, 2.75) is 25.5 Å². The zero-order valence-electron chi connectivity index (χ0n) is 14.8. The minimum absolute atomic E-state index is 0.345. The van der Waals surface area contributed by atoms with E-state index in [1.165, 1.54) is 6.42 Å². The maximum Gasteiger partial charge on any atom is 0.0858 e. The molecule has 2 heterocycles. The lowest BCUT2D eigenvalue weighted by Gasteiger charge is -2.26. The molecule has 2 aromatic rings. The zero-order chi connectivity index (χ0) is 17.1. The Hall–Kier alpha value is -1.14. The highest BCUT2D eigenvalue weighted by Crippen LogP contribution is 2.27. The van der Waals surface area contributed by atoms with Gasteiger partial charge in [0.25, 0.3) is 0 Å². The van der Waals surface area contributed by atoms with E-state index in [4.69, 9.17) is 21.4 Å². The maximum atomic E-state index is 6.45. The van der Waals surface area contributed by atoms with Crippen molar-refractivity contribution >= 4 is 22.5 Å². The Kier molecular flexibility index (Phi) is 5.76. The molecule has 1 aromatic heterocycles. The molecular formula is C18H27ClN4O. The van der Waals surface area contributed by atoms with E-state index >= 15 is 0 Å². The van der Waals surface area contributed by atoms with Gasteiger partial charge in [0, 0.05) is 45.2 Å². The van der Waals surface area contributed by atoms with Gasteiger partial charge in [0.1, 0.15) is 0 Å². The van der Waals surface area contributed by atoms with E-state index in [1.807, 2.05) is 23.9 Å². The zero-order valence-corrected chi connectivity index (χ0v) is 15.6. The summed E-state index contributed by atoms with van der Waals surface area (Å²) in [5, 5.41) is 6.58. The van der Waals surface area contributed by atoms with Crippen molar-refractivity contribution in [3.05, 3.63) is 28.9 Å². The molecule has 1 aliphatic heterocycles. The molecule has 0 bridgehead atoms. The highest BCUT2D eigenvalue weighted by atomic mass is 35.5. The molecule has 132 valence electrons. The van der Waals surface area contributed by atoms with Crippen LogP contribution in [0.15, 0.2) is 18.2 Å². The molecular weight excluding hydrogens is 324 g/mol. The van der Waals surface area contributed by atoms with Gasteiger partial charge in [-0.3, -0.25) is 9.58 Å². The maximum absolute atomic E-state index is 6.45. The highest BCUT2D eigenvalue weighted by molar-refractivity contribution is 6.35. The van der Waals surface area contributed by atoms with E-state index in [2.05, 4.69) is 30.0 Å². The second-order valence-corrected chi connectivity index (χ2v) is 7.28. The second-order valence-electron chi connectivity index (χ2n) is 6.88. The number of nitrogens with zero attached hydrogens (tertiary/aromatic N) is 4. The van der Waals surface area contributed by atoms with Gasteiger partial charge in [-0.15, -0.1) is 0 Å². The first-order chi connectivity index (χ1) is 11.5. The Morgan fingerprint density at radius 2 is 2.17 bits per heavy atom. The van der Waals surface area contributed by atoms with E-state index in [0.29, 0.717) is 6.10 Å². The van der Waals surface area contributed by atoms with Crippen molar-refractivity contribution in [3.63, 3.8) is 0 Å². The number of hydrogen-bond acceptors (Lipinski definition) is 4. The Balaban J connectivity index is 1.80. The molecule has 0 aliphatic carbocycles. The molecule has 24 heavy (non-hydrogen) atoms. The third kappa shape index (κ3) is 4.09. The first-order valence-electron chi connectivity index (χ1n) is 8.63. The molecule has 0 spiro atoms. The molecule has 3 rings (SSSR count). The van der Waals surface area contributed by atoms with Crippen LogP contribution in [-0.2, 0) is 18.3 Å². The van der Waals surface area contributed by atoms with Gasteiger partial charge in [-0.1, -0.05) is 17.7 Å². The molecule has 1 fully saturated rings. The van der Waals surface area contributed by atoms with Gasteiger partial charge in [-0.05, 0) is 39.1 Å². The predicted molar refractivity (Wildman–Crippen MR) is 98.5 cm³/mol. The van der Waals surface area contributed by atoms with Gasteiger partial charge in [0.2, 0.25) is 0 Å². The molecule has 1 aliphatic rings. The van der Waals surface area contributed by atoms with Crippen LogP contribution in [0, 0.1) is 0 Å². The number of ether oxygens (including phenoxy) is 1. The Morgan fingerprint density at radius 1 is 1.33 bits per heavy atom. The summed E-state index contributed by atoms with van der Waals surface area (Å²) < 4.78 is 7.76. The fourth-order valence-corrected chi connectivity index (χ4v) is 3.61. The van der Waals surface area contributed by atoms with Crippen LogP contribution in [0.1, 0.15) is 18.5 Å². The average Bonchev–Trinajstić information content (AvgIpc) is 3.14. The SMILES string of the molecule is CN(C)CCN(Cc1nn(C)c2cccc(Cl)c12)C[C@@H]1CCCO1. The van der Waals surface area contributed by atoms with Crippen molar-refractivity contribution in [2.24, 2.45) is 7.05 Å². The van der Waals surface area contributed by atoms with Crippen LogP contribution >= 0.6 is 11.6 Å². The fraction of sp³-hybridized carbons (Fsp3) is 0.611. The normalized spacial score (nSPS) is 18.3. The first-order valence-corrected chi connectivity index (χ1v) is 9.01. The van der Waals surface area contributed by atoms with E-state index < -0.39 is 0 Å². The van der Waals surface area contributed by atoms with Gasteiger partial charge in [0.05, 0.1) is 22.3 Å². The van der Waals surface area contributed by atoms with Crippen LogP contribution in [0.5, 0.6) is 0 Å². The van der Waals surface area contributed by atoms with E-state index in [9.17, 15) is 0 Å². The summed E-state index contributed by atoms with van der Waals surface area (Å²) in [4.78, 5) is 4.66. The number of benzene rings is 1. The molecule has 0 radical (unpaired) electrons. The number of rotatable bonds is 7. The van der Waals surface area contributed by atoms with Crippen LogP contribution in [0.2, 0.25) is 5.02 Å². The van der Waals surface area contributed by atoms with Crippen LogP contribution in [0.3, 0.4) is 0 Å². The summed E-state index contributed by atoms with van der Waals surface area (Å²) in [7, 11) is 6.20. The molecule has 1 atom stereocenters. The van der Waals surface area contributed by atoms with Crippen LogP contribution in [0.25, 0.3) is 10.9 Å². The van der Waals surface area contributed by atoms with Crippen LogP contribution in [-0.4, -0.2) is 66.0 Å². The summed E-state index contributed by atoms with van der Waals surface area (Å²) in [6, 6.07) is 5.99. The lowest BCUT2D eigenvalue weighted by molar-refractivity contribution is 0.0679. The number of aryl methyl sites for hydroxylation is 1. The molecule has 0 N–H and O–H groups in total. The first kappa shape index (κ1) is 17.7. The lowest BCUT2D eigenvalue weighted by Crippen LogP contribution is -2.36. The summed E-state index contributed by atoms with van der Waals surface area (Å²) in [5.41, 5.74) is 2.14. The van der Waals surface area contributed by atoms with E-state index in [1.54, 1.807) is 0 Å². The molecule has 1 aromatic carbocycles. The minimum Gasteiger partial charge on any atom is -0.377 e. The highest BCUT2D eigenvalue weighted by Gasteiger charge is 2.21. The van der Waals surface area contributed by atoms with Crippen molar-refractivity contribution in [1.29, 1.82) is 0 Å². The predicted octanol–water partition coefficient (Wildman–Crippen LogP) is 2.77. The van der Waals surface area contributed by atoms with Gasteiger partial charge in [0.15, 0.2) is 0 Å². The number of halogens is 1. The Labute approximate surface area is 149 Å². The minimum atomic E-state index is 0.345. The van der Waals surface area contributed by atoms with E-state index in [-0.39, 0.29) is 0 Å². The second kappa shape index (κ2) is 7.83. The third-order valence-corrected chi connectivity index (χ3v) is 4.94. The van der Waals surface area contributed by atoms with Crippen molar-refractivity contribution in [2.75, 3.05) is 40.3 Å². The quantitative estimate of drug-likeness (QED) is 0.769. The standard InChI is InChI=1S/C18H27ClN4O/c1-21(2)9-10-23(12-14-6-5-11-24-14)13-16-18-15(19)7-4-8-17(18)22(3)20-16/h4,7-8,14H,5-6,9-13H2,1-3H3/t14-/m0/s1. The summed E-state index contributed by atoms with van der Waals surface area (Å²) >= 11 is 6.45. The van der Waals surface area contributed by atoms with Crippen molar-refractivity contribution in [1.82, 2.24) is 19.6 Å². The molecule has 0 amide bonds. The number of hydrogen-bond donors (Lipinski definition) is 0. The topological polar surface area (TPSA) is 33.5 Å². The fourth-order valence-electron chi connectivity index (χ4n) is 3.33.